The Kier molecular flexibility index (Phi) is 5.67. The maximum Gasteiger partial charge on any atom is 0.266 e. The lowest BCUT2D eigenvalue weighted by Crippen LogP contribution is -2.37. The van der Waals surface area contributed by atoms with Gasteiger partial charge in [-0.25, -0.2) is 13.8 Å². The number of halogens is 2. The number of likely N-dealkylation sites (N-methyl/N-ethyl adjacent to an activating group) is 1. The summed E-state index contributed by atoms with van der Waals surface area (Å²) in [6.45, 7) is 0.762. The van der Waals surface area contributed by atoms with Crippen LogP contribution in [0.25, 0.3) is 10.2 Å². The molecule has 3 aromatic rings. The van der Waals surface area contributed by atoms with E-state index in [4.69, 9.17) is 4.74 Å². The molecule has 27 heavy (non-hydrogen) atoms. The first-order valence-electron chi connectivity index (χ1n) is 8.26. The maximum atomic E-state index is 14.1. The third-order valence-corrected chi connectivity index (χ3v) is 5.05. The van der Waals surface area contributed by atoms with E-state index in [1.54, 1.807) is 19.2 Å². The monoisotopic (exact) mass is 391 g/mol. The molecule has 0 N–H and O–H groups in total. The molecule has 1 amide bonds. The van der Waals surface area contributed by atoms with Crippen LogP contribution in [0.4, 0.5) is 13.9 Å². The zero-order valence-electron chi connectivity index (χ0n) is 15.2. The van der Waals surface area contributed by atoms with Crippen molar-refractivity contribution >= 4 is 32.6 Å². The Balaban J connectivity index is 2.04. The van der Waals surface area contributed by atoms with Crippen LogP contribution in [0.3, 0.4) is 0 Å². The van der Waals surface area contributed by atoms with Gasteiger partial charge >= 0.3 is 0 Å². The molecule has 0 aliphatic rings. The molecule has 3 rings (SSSR count). The molecule has 1 heterocycles. The highest BCUT2D eigenvalue weighted by Crippen LogP contribution is 2.32. The van der Waals surface area contributed by atoms with Gasteiger partial charge in [0, 0.05) is 13.1 Å². The van der Waals surface area contributed by atoms with Gasteiger partial charge in [-0.3, -0.25) is 9.69 Å². The fraction of sp³-hybridized carbons (Fsp3) is 0.263. The summed E-state index contributed by atoms with van der Waals surface area (Å²) in [6.07, 6.45) is 0. The minimum Gasteiger partial charge on any atom is -0.497 e. The van der Waals surface area contributed by atoms with Crippen molar-refractivity contribution in [3.63, 3.8) is 0 Å². The number of anilines is 1. The first-order valence-corrected chi connectivity index (χ1v) is 9.07. The molecule has 0 saturated carbocycles. The summed E-state index contributed by atoms with van der Waals surface area (Å²) in [5.74, 6) is -1.86. The lowest BCUT2D eigenvalue weighted by molar-refractivity contribution is 0.0977. The van der Waals surface area contributed by atoms with E-state index >= 15 is 0 Å². The molecule has 0 fully saturated rings. The van der Waals surface area contributed by atoms with Crippen LogP contribution in [0.2, 0.25) is 0 Å². The molecule has 0 aliphatic heterocycles. The van der Waals surface area contributed by atoms with Crippen molar-refractivity contribution in [1.82, 2.24) is 9.88 Å². The van der Waals surface area contributed by atoms with Crippen molar-refractivity contribution in [3.05, 3.63) is 53.6 Å². The van der Waals surface area contributed by atoms with Gasteiger partial charge in [0.05, 0.1) is 17.3 Å². The molecule has 0 unspecified atom stereocenters. The first-order chi connectivity index (χ1) is 12.9. The molecule has 1 aromatic heterocycles. The van der Waals surface area contributed by atoms with Crippen molar-refractivity contribution in [3.8, 4) is 5.75 Å². The van der Waals surface area contributed by atoms with Gasteiger partial charge in [-0.15, -0.1) is 0 Å². The van der Waals surface area contributed by atoms with Gasteiger partial charge in [-0.05, 0) is 44.4 Å². The van der Waals surface area contributed by atoms with E-state index in [9.17, 15) is 13.6 Å². The largest absolute Gasteiger partial charge is 0.497 e. The van der Waals surface area contributed by atoms with Crippen molar-refractivity contribution in [2.24, 2.45) is 0 Å². The number of rotatable bonds is 6. The maximum absolute atomic E-state index is 14.1. The number of carbonyl (C=O) groups is 1. The van der Waals surface area contributed by atoms with Crippen molar-refractivity contribution in [2.45, 2.75) is 0 Å². The zero-order valence-corrected chi connectivity index (χ0v) is 16.0. The van der Waals surface area contributed by atoms with Gasteiger partial charge in [-0.1, -0.05) is 17.4 Å². The first kappa shape index (κ1) is 19.2. The summed E-state index contributed by atoms with van der Waals surface area (Å²) in [5, 5.41) is 0.382. The summed E-state index contributed by atoms with van der Waals surface area (Å²) in [4.78, 5) is 20.6. The molecule has 0 atom stereocenters. The number of hydrogen-bond acceptors (Lipinski definition) is 5. The van der Waals surface area contributed by atoms with Crippen LogP contribution in [0.15, 0.2) is 36.4 Å². The molecule has 8 heteroatoms. The Morgan fingerprint density at radius 1 is 1.15 bits per heavy atom. The van der Waals surface area contributed by atoms with Crippen LogP contribution in [-0.4, -0.2) is 50.1 Å². The number of amides is 1. The van der Waals surface area contributed by atoms with E-state index in [0.717, 1.165) is 16.8 Å². The number of nitrogens with zero attached hydrogens (tertiary/aromatic N) is 3. The highest BCUT2D eigenvalue weighted by Gasteiger charge is 2.26. The number of ether oxygens (including phenoxy) is 1. The number of fused-ring (bicyclic) bond motifs is 1. The fourth-order valence-corrected chi connectivity index (χ4v) is 3.57. The Morgan fingerprint density at radius 3 is 2.48 bits per heavy atom. The lowest BCUT2D eigenvalue weighted by atomic mass is 10.1. The van der Waals surface area contributed by atoms with E-state index in [1.165, 1.54) is 22.3 Å². The Hall–Kier alpha value is -2.58. The molecule has 0 bridgehead atoms. The number of aromatic nitrogens is 1. The second kappa shape index (κ2) is 7.98. The summed E-state index contributed by atoms with van der Waals surface area (Å²) in [7, 11) is 5.28. The topological polar surface area (TPSA) is 45.7 Å². The SMILES string of the molecule is COc1ccc2nc(N(CCN(C)C)C(=O)c3c(F)cccc3F)sc2c1. The fourth-order valence-electron chi connectivity index (χ4n) is 2.56. The number of hydrogen-bond donors (Lipinski definition) is 0. The number of methoxy groups -OCH3 is 1. The minimum absolute atomic E-state index is 0.247. The highest BCUT2D eigenvalue weighted by molar-refractivity contribution is 7.22. The van der Waals surface area contributed by atoms with Crippen LogP contribution in [-0.2, 0) is 0 Å². The Morgan fingerprint density at radius 2 is 1.85 bits per heavy atom. The second-order valence-corrected chi connectivity index (χ2v) is 7.20. The normalized spacial score (nSPS) is 11.2. The molecule has 5 nitrogen and oxygen atoms in total. The van der Waals surface area contributed by atoms with Gasteiger partial charge in [0.1, 0.15) is 22.9 Å². The van der Waals surface area contributed by atoms with E-state index in [2.05, 4.69) is 4.98 Å². The number of carbonyl (C=O) groups excluding carboxylic acids is 1. The molecule has 2 aromatic carbocycles. The molecule has 0 aliphatic carbocycles. The van der Waals surface area contributed by atoms with Gasteiger partial charge in [0.25, 0.3) is 5.91 Å². The molecule has 0 radical (unpaired) electrons. The average Bonchev–Trinajstić information content (AvgIpc) is 3.04. The molecule has 0 saturated heterocycles. The summed E-state index contributed by atoms with van der Waals surface area (Å²) in [6, 6.07) is 8.75. The number of benzene rings is 2. The number of thiazole rings is 1. The predicted molar refractivity (Wildman–Crippen MR) is 103 cm³/mol. The Bertz CT molecular complexity index is 954. The second-order valence-electron chi connectivity index (χ2n) is 6.19. The van der Waals surface area contributed by atoms with E-state index in [0.29, 0.717) is 22.9 Å². The van der Waals surface area contributed by atoms with Gasteiger partial charge in [0.2, 0.25) is 0 Å². The standard InChI is InChI=1S/C19H19F2N3O2S/c1-23(2)9-10-24(18(25)17-13(20)5-4-6-14(17)21)19-22-15-8-7-12(26-3)11-16(15)27-19/h4-8,11H,9-10H2,1-3H3. The third-order valence-electron chi connectivity index (χ3n) is 4.01. The Labute approximate surface area is 159 Å². The van der Waals surface area contributed by atoms with E-state index < -0.39 is 23.1 Å². The minimum atomic E-state index is -0.891. The van der Waals surface area contributed by atoms with Crippen LogP contribution in [0, 0.1) is 11.6 Å². The molecule has 0 spiro atoms. The third kappa shape index (κ3) is 4.06. The van der Waals surface area contributed by atoms with Crippen LogP contribution in [0.5, 0.6) is 5.75 Å². The average molecular weight is 391 g/mol. The van der Waals surface area contributed by atoms with Gasteiger partial charge < -0.3 is 9.64 Å². The highest BCUT2D eigenvalue weighted by atomic mass is 32.1. The van der Waals surface area contributed by atoms with Crippen molar-refractivity contribution < 1.29 is 18.3 Å². The summed E-state index contributed by atoms with van der Waals surface area (Å²) in [5.41, 5.74) is 0.112. The van der Waals surface area contributed by atoms with Gasteiger partial charge in [-0.2, -0.15) is 0 Å². The molecular weight excluding hydrogens is 372 g/mol. The summed E-state index contributed by atoms with van der Waals surface area (Å²) >= 11 is 1.27. The summed E-state index contributed by atoms with van der Waals surface area (Å²) < 4.78 is 34.3. The lowest BCUT2D eigenvalue weighted by Gasteiger charge is -2.22. The van der Waals surface area contributed by atoms with Crippen LogP contribution in [0.1, 0.15) is 10.4 Å². The predicted octanol–water partition coefficient (Wildman–Crippen LogP) is 3.79. The molecule has 142 valence electrons. The zero-order chi connectivity index (χ0) is 19.6. The van der Waals surface area contributed by atoms with Crippen LogP contribution < -0.4 is 9.64 Å². The van der Waals surface area contributed by atoms with E-state index in [1.807, 2.05) is 25.1 Å². The van der Waals surface area contributed by atoms with Crippen molar-refractivity contribution in [2.75, 3.05) is 39.2 Å². The van der Waals surface area contributed by atoms with Crippen molar-refractivity contribution in [1.29, 1.82) is 0 Å². The van der Waals surface area contributed by atoms with Gasteiger partial charge in [0.15, 0.2) is 5.13 Å². The van der Waals surface area contributed by atoms with Crippen LogP contribution >= 0.6 is 11.3 Å². The smallest absolute Gasteiger partial charge is 0.266 e. The quantitative estimate of drug-likeness (QED) is 0.641. The van der Waals surface area contributed by atoms with E-state index in [-0.39, 0.29) is 6.54 Å². The molecular formula is C19H19F2N3O2S.